The first kappa shape index (κ1) is 19.1. The van der Waals surface area contributed by atoms with Gasteiger partial charge in [-0.25, -0.2) is 4.79 Å². The fourth-order valence-corrected chi connectivity index (χ4v) is 3.62. The van der Waals surface area contributed by atoms with Gasteiger partial charge in [-0.2, -0.15) is 0 Å². The van der Waals surface area contributed by atoms with Crippen molar-refractivity contribution in [2.75, 3.05) is 31.4 Å². The monoisotopic (exact) mass is 395 g/mol. The maximum Gasteiger partial charge on any atom is 0.323 e. The van der Waals surface area contributed by atoms with Crippen LogP contribution in [0.5, 0.6) is 11.5 Å². The summed E-state index contributed by atoms with van der Waals surface area (Å²) in [7, 11) is 3.11. The number of carbonyl (C=O) groups is 2. The van der Waals surface area contributed by atoms with Crippen molar-refractivity contribution in [1.82, 2.24) is 4.90 Å². The number of hydrogen-bond acceptors (Lipinski definition) is 4. The molecule has 2 N–H and O–H groups in total. The van der Waals surface area contributed by atoms with Crippen molar-refractivity contribution < 1.29 is 19.1 Å². The molecule has 152 valence electrons. The molecule has 2 aliphatic rings. The zero-order valence-electron chi connectivity index (χ0n) is 16.7. The number of urea groups is 1. The quantitative estimate of drug-likeness (QED) is 0.810. The van der Waals surface area contributed by atoms with Crippen LogP contribution in [0.4, 0.5) is 16.2 Å². The number of amides is 3. The maximum absolute atomic E-state index is 12.4. The van der Waals surface area contributed by atoms with Crippen LogP contribution >= 0.6 is 0 Å². The van der Waals surface area contributed by atoms with Crippen LogP contribution in [0.2, 0.25) is 0 Å². The Morgan fingerprint density at radius 1 is 0.931 bits per heavy atom. The number of carbonyl (C=O) groups excluding carboxylic acids is 2. The Morgan fingerprint density at radius 3 is 2.31 bits per heavy atom. The van der Waals surface area contributed by atoms with Crippen molar-refractivity contribution >= 4 is 23.3 Å². The molecule has 0 atom stereocenters. The van der Waals surface area contributed by atoms with Crippen molar-refractivity contribution in [2.24, 2.45) is 5.92 Å². The minimum absolute atomic E-state index is 0.227. The van der Waals surface area contributed by atoms with Crippen molar-refractivity contribution in [1.29, 1.82) is 0 Å². The van der Waals surface area contributed by atoms with Gasteiger partial charge in [-0.05, 0) is 54.7 Å². The zero-order chi connectivity index (χ0) is 20.4. The predicted octanol–water partition coefficient (Wildman–Crippen LogP) is 3.64. The van der Waals surface area contributed by atoms with Gasteiger partial charge in [-0.1, -0.05) is 6.07 Å². The lowest BCUT2D eigenvalue weighted by Crippen LogP contribution is -2.36. The van der Waals surface area contributed by atoms with E-state index >= 15 is 0 Å². The lowest BCUT2D eigenvalue weighted by atomic mass is 9.98. The van der Waals surface area contributed by atoms with E-state index in [0.29, 0.717) is 29.4 Å². The highest BCUT2D eigenvalue weighted by atomic mass is 16.5. The number of rotatable bonds is 5. The molecule has 29 heavy (non-hydrogen) atoms. The highest BCUT2D eigenvalue weighted by Gasteiger charge is 2.34. The fourth-order valence-electron chi connectivity index (χ4n) is 3.62. The Morgan fingerprint density at radius 2 is 1.62 bits per heavy atom. The van der Waals surface area contributed by atoms with Crippen LogP contribution < -0.4 is 20.1 Å². The number of benzene rings is 2. The predicted molar refractivity (Wildman–Crippen MR) is 110 cm³/mol. The highest BCUT2D eigenvalue weighted by molar-refractivity contribution is 6.00. The molecule has 0 radical (unpaired) electrons. The Hall–Kier alpha value is -3.22. The van der Waals surface area contributed by atoms with Crippen LogP contribution in [-0.2, 0) is 17.8 Å². The molecule has 0 saturated heterocycles. The van der Waals surface area contributed by atoms with Crippen LogP contribution in [0.15, 0.2) is 36.4 Å². The minimum Gasteiger partial charge on any atom is -0.493 e. The number of ether oxygens (including phenoxy) is 2. The van der Waals surface area contributed by atoms with Crippen molar-refractivity contribution in [2.45, 2.75) is 25.8 Å². The third kappa shape index (κ3) is 4.29. The Bertz CT molecular complexity index is 940. The van der Waals surface area contributed by atoms with Crippen molar-refractivity contribution in [3.8, 4) is 11.5 Å². The molecular formula is C22H25N3O4. The molecule has 7 nitrogen and oxygen atoms in total. The van der Waals surface area contributed by atoms with Crippen LogP contribution in [-0.4, -0.2) is 37.6 Å². The molecular weight excluding hydrogens is 370 g/mol. The molecule has 1 aliphatic heterocycles. The summed E-state index contributed by atoms with van der Waals surface area (Å²) in [6.45, 7) is 1.38. The molecule has 2 aromatic carbocycles. The van der Waals surface area contributed by atoms with Crippen molar-refractivity contribution in [3.05, 3.63) is 47.5 Å². The normalized spacial score (nSPS) is 15.3. The number of fused-ring (bicyclic) bond motifs is 1. The molecule has 7 heteroatoms. The zero-order valence-corrected chi connectivity index (χ0v) is 16.7. The lowest BCUT2D eigenvalue weighted by Gasteiger charge is -2.29. The lowest BCUT2D eigenvalue weighted by molar-refractivity contribution is -0.133. The second kappa shape index (κ2) is 8.03. The molecule has 1 fully saturated rings. The number of nitrogens with one attached hydrogen (secondary N) is 2. The number of nitrogens with zero attached hydrogens (tertiary/aromatic N) is 1. The topological polar surface area (TPSA) is 79.9 Å². The maximum atomic E-state index is 12.4. The highest BCUT2D eigenvalue weighted by Crippen LogP contribution is 2.33. The summed E-state index contributed by atoms with van der Waals surface area (Å²) in [5, 5.41) is 5.66. The Labute approximate surface area is 170 Å². The van der Waals surface area contributed by atoms with Gasteiger partial charge in [-0.3, -0.25) is 4.79 Å². The molecule has 3 amide bonds. The van der Waals surface area contributed by atoms with E-state index in [1.807, 2.05) is 23.1 Å². The van der Waals surface area contributed by atoms with E-state index in [2.05, 4.69) is 10.6 Å². The number of anilines is 2. The molecule has 1 heterocycles. The van der Waals surface area contributed by atoms with Gasteiger partial charge in [0, 0.05) is 36.4 Å². The first-order valence-electron chi connectivity index (χ1n) is 9.78. The Kier molecular flexibility index (Phi) is 5.29. The van der Waals surface area contributed by atoms with Gasteiger partial charge in [0.1, 0.15) is 0 Å². The molecule has 4 rings (SSSR count). The van der Waals surface area contributed by atoms with Crippen LogP contribution in [0.25, 0.3) is 0 Å². The van der Waals surface area contributed by atoms with E-state index in [1.165, 1.54) is 5.56 Å². The van der Waals surface area contributed by atoms with E-state index in [-0.39, 0.29) is 17.9 Å². The average molecular weight is 395 g/mol. The third-order valence-electron chi connectivity index (χ3n) is 5.36. The molecule has 0 unspecified atom stereocenters. The van der Waals surface area contributed by atoms with E-state index < -0.39 is 0 Å². The third-order valence-corrected chi connectivity index (χ3v) is 5.36. The molecule has 1 aliphatic carbocycles. The smallest absolute Gasteiger partial charge is 0.323 e. The summed E-state index contributed by atoms with van der Waals surface area (Å²) in [5.41, 5.74) is 3.62. The number of hydrogen-bond donors (Lipinski definition) is 2. The van der Waals surface area contributed by atoms with Crippen molar-refractivity contribution in [3.63, 3.8) is 0 Å². The minimum atomic E-state index is -0.348. The molecule has 0 bridgehead atoms. The van der Waals surface area contributed by atoms with Gasteiger partial charge in [0.2, 0.25) is 5.91 Å². The number of methoxy groups -OCH3 is 2. The summed E-state index contributed by atoms with van der Waals surface area (Å²) < 4.78 is 10.5. The van der Waals surface area contributed by atoms with Crippen LogP contribution in [0.1, 0.15) is 24.0 Å². The molecule has 2 aromatic rings. The summed E-state index contributed by atoms with van der Waals surface area (Å²) in [6.07, 6.45) is 2.88. The first-order chi connectivity index (χ1) is 14.1. The molecule has 0 aromatic heterocycles. The van der Waals surface area contributed by atoms with E-state index in [1.54, 1.807) is 32.4 Å². The summed E-state index contributed by atoms with van der Waals surface area (Å²) in [4.78, 5) is 26.7. The van der Waals surface area contributed by atoms with E-state index in [0.717, 1.165) is 31.4 Å². The Balaban J connectivity index is 1.41. The van der Waals surface area contributed by atoms with E-state index in [9.17, 15) is 9.59 Å². The SMILES string of the molecule is COc1ccc(NC(=O)Nc2ccc3c(c2)CN(C(=O)C2CC2)CC3)cc1OC. The van der Waals surface area contributed by atoms with E-state index in [4.69, 9.17) is 9.47 Å². The second-order valence-corrected chi connectivity index (χ2v) is 7.42. The van der Waals surface area contributed by atoms with Crippen LogP contribution in [0, 0.1) is 5.92 Å². The summed E-state index contributed by atoms with van der Waals surface area (Å²) >= 11 is 0. The fraction of sp³-hybridized carbons (Fsp3) is 0.364. The summed E-state index contributed by atoms with van der Waals surface area (Å²) in [6, 6.07) is 10.7. The van der Waals surface area contributed by atoms with Gasteiger partial charge in [-0.15, -0.1) is 0 Å². The average Bonchev–Trinajstić information content (AvgIpc) is 3.58. The van der Waals surface area contributed by atoms with Gasteiger partial charge < -0.3 is 25.0 Å². The van der Waals surface area contributed by atoms with Gasteiger partial charge in [0.15, 0.2) is 11.5 Å². The summed E-state index contributed by atoms with van der Waals surface area (Å²) in [5.74, 6) is 1.63. The molecule has 1 saturated carbocycles. The molecule has 0 spiro atoms. The first-order valence-corrected chi connectivity index (χ1v) is 9.78. The van der Waals surface area contributed by atoms with Gasteiger partial charge >= 0.3 is 6.03 Å². The van der Waals surface area contributed by atoms with Crippen LogP contribution in [0.3, 0.4) is 0 Å². The second-order valence-electron chi connectivity index (χ2n) is 7.42. The standard InChI is InChI=1S/C22H25N3O4/c1-28-19-8-7-18(12-20(19)29-2)24-22(27)23-17-6-5-14-9-10-25(13-16(14)11-17)21(26)15-3-4-15/h5-8,11-12,15H,3-4,9-10,13H2,1-2H3,(H2,23,24,27). The largest absolute Gasteiger partial charge is 0.493 e. The van der Waals surface area contributed by atoms with Gasteiger partial charge in [0.25, 0.3) is 0 Å². The van der Waals surface area contributed by atoms with Gasteiger partial charge in [0.05, 0.1) is 14.2 Å².